The van der Waals surface area contributed by atoms with Crippen LogP contribution in [-0.4, -0.2) is 9.55 Å². The Kier molecular flexibility index (Phi) is 7.39. The quantitative estimate of drug-likeness (QED) is 0.128. The van der Waals surface area contributed by atoms with Crippen LogP contribution in [0, 0.1) is 0 Å². The van der Waals surface area contributed by atoms with E-state index in [2.05, 4.69) is 203 Å². The Balaban J connectivity index is 1.01. The Morgan fingerprint density at radius 2 is 1.11 bits per heavy atom. The van der Waals surface area contributed by atoms with Crippen LogP contribution in [0.4, 0.5) is 0 Å². The summed E-state index contributed by atoms with van der Waals surface area (Å²) in [5, 5.41) is 22.0. The minimum absolute atomic E-state index is 0.558. The molecule has 0 spiro atoms. The smallest absolute Gasteiger partial charge is 0.334 e. The Hall–Kier alpha value is -8.54. The first-order valence-corrected chi connectivity index (χ1v) is 21.8. The Morgan fingerprint density at radius 1 is 0.438 bits per heavy atom. The van der Waals surface area contributed by atoms with Gasteiger partial charge < -0.3 is 8.98 Å². The molecule has 0 N–H and O–H groups in total. The normalized spacial score (nSPS) is 12.1. The lowest BCUT2D eigenvalue weighted by Gasteiger charge is -2.12. The van der Waals surface area contributed by atoms with E-state index in [4.69, 9.17) is 14.5 Å². The van der Waals surface area contributed by atoms with Crippen LogP contribution in [0.5, 0.6) is 0 Å². The van der Waals surface area contributed by atoms with Crippen LogP contribution >= 0.6 is 0 Å². The van der Waals surface area contributed by atoms with Crippen molar-refractivity contribution in [3.63, 3.8) is 0 Å². The summed E-state index contributed by atoms with van der Waals surface area (Å²) in [4.78, 5) is 5.39. The second-order valence-corrected chi connectivity index (χ2v) is 17.0. The van der Waals surface area contributed by atoms with Gasteiger partial charge in [-0.1, -0.05) is 146 Å². The molecule has 0 aliphatic heterocycles. The minimum Gasteiger partial charge on any atom is -0.456 e. The SMILES string of the molecule is c1ccc(-c2nc(-c3cc4oc5ccccc5c4c4cc(-n5c6cc7ccccc7cc6c6c7ccccc7ccc65)ccc34)[n-][n+]2Cc2ccc3ccc4ccccc4c3c2)cc1. The van der Waals surface area contributed by atoms with Crippen LogP contribution in [0.2, 0.25) is 0 Å². The molecule has 0 fully saturated rings. The Labute approximate surface area is 366 Å². The summed E-state index contributed by atoms with van der Waals surface area (Å²) in [5.74, 6) is 1.47. The van der Waals surface area contributed by atoms with E-state index in [0.29, 0.717) is 12.4 Å². The summed E-state index contributed by atoms with van der Waals surface area (Å²) in [7, 11) is 0. The second-order valence-electron chi connectivity index (χ2n) is 17.0. The van der Waals surface area contributed by atoms with E-state index in [9.17, 15) is 0 Å². The fraction of sp³-hybridized carbons (Fsp3) is 0.0169. The molecule has 0 unspecified atom stereocenters. The monoisotopic (exact) mass is 816 g/mol. The van der Waals surface area contributed by atoms with Crippen molar-refractivity contribution < 1.29 is 9.10 Å². The molecule has 0 saturated carbocycles. The van der Waals surface area contributed by atoms with Crippen molar-refractivity contribution in [1.29, 1.82) is 0 Å². The first-order valence-electron chi connectivity index (χ1n) is 21.8. The molecule has 64 heavy (non-hydrogen) atoms. The van der Waals surface area contributed by atoms with Crippen molar-refractivity contribution in [2.75, 3.05) is 0 Å². The van der Waals surface area contributed by atoms with Crippen molar-refractivity contribution in [3.05, 3.63) is 212 Å². The average Bonchev–Trinajstić information content (AvgIpc) is 4.05. The molecule has 0 aliphatic rings. The van der Waals surface area contributed by atoms with E-state index < -0.39 is 0 Å². The average molecular weight is 817 g/mol. The van der Waals surface area contributed by atoms with Gasteiger partial charge in [0.2, 0.25) is 5.82 Å². The van der Waals surface area contributed by atoms with Crippen molar-refractivity contribution in [3.8, 4) is 28.5 Å². The van der Waals surface area contributed by atoms with Gasteiger partial charge in [0, 0.05) is 32.8 Å². The fourth-order valence-corrected chi connectivity index (χ4v) is 10.4. The van der Waals surface area contributed by atoms with Gasteiger partial charge in [0.25, 0.3) is 0 Å². The number of benzene rings is 11. The molecule has 0 bridgehead atoms. The molecule has 0 aliphatic carbocycles. The van der Waals surface area contributed by atoms with E-state index in [1.807, 2.05) is 12.1 Å². The molecule has 298 valence electrons. The maximum Gasteiger partial charge on any atom is 0.334 e. The molecule has 0 saturated heterocycles. The van der Waals surface area contributed by atoms with Gasteiger partial charge in [0.15, 0.2) is 0 Å². The molecule has 5 nitrogen and oxygen atoms in total. The van der Waals surface area contributed by atoms with Crippen LogP contribution in [-0.2, 0) is 6.54 Å². The van der Waals surface area contributed by atoms with Gasteiger partial charge >= 0.3 is 5.82 Å². The zero-order valence-electron chi connectivity index (χ0n) is 34.5. The third kappa shape index (κ3) is 5.25. The summed E-state index contributed by atoms with van der Waals surface area (Å²) < 4.78 is 11.2. The zero-order chi connectivity index (χ0) is 41.9. The first-order chi connectivity index (χ1) is 31.7. The molecular weight excluding hydrogens is 781 g/mol. The van der Waals surface area contributed by atoms with Crippen LogP contribution in [0.25, 0.3) is 126 Å². The van der Waals surface area contributed by atoms with Crippen LogP contribution in [0.15, 0.2) is 211 Å². The highest BCUT2D eigenvalue weighted by molar-refractivity contribution is 6.25. The molecule has 14 rings (SSSR count). The van der Waals surface area contributed by atoms with Gasteiger partial charge in [-0.25, -0.2) is 9.78 Å². The molecular formula is C59H36N4O. The van der Waals surface area contributed by atoms with Gasteiger partial charge in [-0.05, 0) is 125 Å². The van der Waals surface area contributed by atoms with E-state index in [0.717, 1.165) is 60.9 Å². The molecule has 3 aromatic heterocycles. The maximum atomic E-state index is 6.71. The summed E-state index contributed by atoms with van der Waals surface area (Å²) in [5.41, 5.74) is 8.16. The highest BCUT2D eigenvalue weighted by Gasteiger charge is 2.25. The Bertz CT molecular complexity index is 4230. The number of fused-ring (bicyclic) bond motifs is 14. The summed E-state index contributed by atoms with van der Waals surface area (Å²) in [6, 6.07) is 74.2. The zero-order valence-corrected chi connectivity index (χ0v) is 34.5. The molecule has 11 aromatic carbocycles. The maximum absolute atomic E-state index is 6.71. The second kappa shape index (κ2) is 13.5. The van der Waals surface area contributed by atoms with Gasteiger partial charge in [-0.2, -0.15) is 0 Å². The lowest BCUT2D eigenvalue weighted by molar-refractivity contribution is -0.737. The molecule has 14 aromatic rings. The third-order valence-electron chi connectivity index (χ3n) is 13.3. The number of furan rings is 1. The first kappa shape index (κ1) is 35.1. The Morgan fingerprint density at radius 3 is 1.95 bits per heavy atom. The van der Waals surface area contributed by atoms with Crippen LogP contribution in [0.3, 0.4) is 0 Å². The number of para-hydroxylation sites is 1. The summed E-state index contributed by atoms with van der Waals surface area (Å²) in [6.45, 7) is 0.558. The lowest BCUT2D eigenvalue weighted by atomic mass is 9.98. The summed E-state index contributed by atoms with van der Waals surface area (Å²) >= 11 is 0. The van der Waals surface area contributed by atoms with Crippen molar-refractivity contribution >= 4 is 97.6 Å². The standard InChI is InChI=1S/C59H36N4O/c1-2-14-40(15-3-1)59-60-58(61-62(59)35-36-22-23-39-25-24-37-12-6-8-18-44(37)48(39)30-36)50-34-55-57(47-20-10-11-21-54(47)64-55)49-33-43(27-28-46(49)50)63-52-29-26-38-13-7-9-19-45(38)56(52)51-31-41-16-4-5-17-42(41)32-53(51)63/h1-34H,35H2. The molecule has 0 amide bonds. The predicted octanol–water partition coefficient (Wildman–Crippen LogP) is 14.5. The van der Waals surface area contributed by atoms with E-state index in [1.54, 1.807) is 0 Å². The highest BCUT2D eigenvalue weighted by Crippen LogP contribution is 2.43. The lowest BCUT2D eigenvalue weighted by Crippen LogP contribution is -2.40. The minimum atomic E-state index is 0.558. The molecule has 0 radical (unpaired) electrons. The van der Waals surface area contributed by atoms with Crippen LogP contribution < -0.4 is 9.78 Å². The topological polar surface area (TPSA) is 48.9 Å². The van der Waals surface area contributed by atoms with Gasteiger partial charge in [-0.15, -0.1) is 0 Å². The largest absolute Gasteiger partial charge is 0.456 e. The summed E-state index contributed by atoms with van der Waals surface area (Å²) in [6.07, 6.45) is 0. The molecule has 5 heteroatoms. The van der Waals surface area contributed by atoms with Crippen molar-refractivity contribution in [2.45, 2.75) is 6.54 Å². The molecule has 0 atom stereocenters. The number of nitrogens with zero attached hydrogens (tertiary/aromatic N) is 4. The van der Waals surface area contributed by atoms with Crippen molar-refractivity contribution in [2.24, 2.45) is 0 Å². The van der Waals surface area contributed by atoms with Crippen LogP contribution in [0.1, 0.15) is 5.56 Å². The fourth-order valence-electron chi connectivity index (χ4n) is 10.4. The van der Waals surface area contributed by atoms with Gasteiger partial charge in [0.05, 0.1) is 16.6 Å². The molecule has 3 heterocycles. The predicted molar refractivity (Wildman–Crippen MR) is 263 cm³/mol. The highest BCUT2D eigenvalue weighted by atomic mass is 16.3. The van der Waals surface area contributed by atoms with E-state index in [1.165, 1.54) is 64.9 Å². The number of hydrogen-bond donors (Lipinski definition) is 0. The third-order valence-corrected chi connectivity index (χ3v) is 13.3. The number of aromatic nitrogens is 4. The number of hydrogen-bond acceptors (Lipinski definition) is 2. The van der Waals surface area contributed by atoms with Gasteiger partial charge in [-0.3, -0.25) is 0 Å². The number of rotatable bonds is 5. The van der Waals surface area contributed by atoms with E-state index in [-0.39, 0.29) is 0 Å². The van der Waals surface area contributed by atoms with Gasteiger partial charge in [0.1, 0.15) is 17.7 Å². The van der Waals surface area contributed by atoms with E-state index >= 15 is 0 Å². The van der Waals surface area contributed by atoms with Crippen molar-refractivity contribution in [1.82, 2.24) is 14.6 Å².